The summed E-state index contributed by atoms with van der Waals surface area (Å²) in [5.74, 6) is -2.12. The summed E-state index contributed by atoms with van der Waals surface area (Å²) in [5.41, 5.74) is 0.277. The van der Waals surface area contributed by atoms with E-state index in [1.54, 1.807) is 0 Å². The quantitative estimate of drug-likeness (QED) is 0.119. The van der Waals surface area contributed by atoms with Crippen molar-refractivity contribution >= 4 is 24.2 Å². The number of benzene rings is 1. The first-order valence-corrected chi connectivity index (χ1v) is 7.79. The minimum absolute atomic E-state index is 0.00309. The minimum Gasteiger partial charge on any atom is -0.478 e. The van der Waals surface area contributed by atoms with Gasteiger partial charge in [-0.1, -0.05) is 0 Å². The molecule has 0 heterocycles. The molecule has 11 nitrogen and oxygen atoms in total. The van der Waals surface area contributed by atoms with Crippen LogP contribution in [0, 0.1) is 0 Å². The van der Waals surface area contributed by atoms with E-state index >= 15 is 0 Å². The first-order chi connectivity index (χ1) is 13.5. The van der Waals surface area contributed by atoms with Gasteiger partial charge in [0.25, 0.3) is 0 Å². The molecular formula is C17H20O11. The number of hydrogen-bond donors (Lipinski definition) is 0. The van der Waals surface area contributed by atoms with E-state index < -0.39 is 31.1 Å². The highest BCUT2D eigenvalue weighted by molar-refractivity contribution is 5.90. The monoisotopic (exact) mass is 400 g/mol. The fourth-order valence-corrected chi connectivity index (χ4v) is 1.84. The van der Waals surface area contributed by atoms with Crippen LogP contribution in [0.1, 0.15) is 15.9 Å². The van der Waals surface area contributed by atoms with Gasteiger partial charge in [0.2, 0.25) is 0 Å². The van der Waals surface area contributed by atoms with E-state index in [9.17, 15) is 19.2 Å². The van der Waals surface area contributed by atoms with Crippen molar-refractivity contribution in [2.75, 3.05) is 41.2 Å². The zero-order chi connectivity index (χ0) is 20.9. The molecule has 0 aromatic heterocycles. The van der Waals surface area contributed by atoms with E-state index in [-0.39, 0.29) is 35.8 Å². The van der Waals surface area contributed by atoms with Crippen molar-refractivity contribution < 1.29 is 52.6 Å². The zero-order valence-electron chi connectivity index (χ0n) is 15.6. The summed E-state index contributed by atoms with van der Waals surface area (Å²) in [6.07, 6.45) is 0.477. The van der Waals surface area contributed by atoms with Crippen molar-refractivity contribution in [3.8, 4) is 11.5 Å². The Hall–Kier alpha value is -3.18. The van der Waals surface area contributed by atoms with Crippen LogP contribution in [0.3, 0.4) is 0 Å². The standard InChI is InChI=1S/C17H20O11/c1-22-14(19)9-25-13-7-11(17(21)24-3)6-12(8-28-27-5-4-18)16(13)26-10-15(20)23-2/h4,6-7H,5,8-10H2,1-3H3. The highest BCUT2D eigenvalue weighted by Gasteiger charge is 2.20. The number of esters is 3. The van der Waals surface area contributed by atoms with Gasteiger partial charge < -0.3 is 28.5 Å². The Bertz CT molecular complexity index is 699. The van der Waals surface area contributed by atoms with Gasteiger partial charge >= 0.3 is 17.9 Å². The molecular weight excluding hydrogens is 380 g/mol. The van der Waals surface area contributed by atoms with Gasteiger partial charge in [-0.15, -0.1) is 0 Å². The summed E-state index contributed by atoms with van der Waals surface area (Å²) >= 11 is 0. The van der Waals surface area contributed by atoms with Gasteiger partial charge in [0.05, 0.1) is 26.9 Å². The largest absolute Gasteiger partial charge is 0.478 e. The highest BCUT2D eigenvalue weighted by Crippen LogP contribution is 2.34. The lowest BCUT2D eigenvalue weighted by atomic mass is 10.1. The summed E-state index contributed by atoms with van der Waals surface area (Å²) in [5, 5.41) is 0. The smallest absolute Gasteiger partial charge is 0.343 e. The molecule has 0 spiro atoms. The molecule has 1 rings (SSSR count). The predicted molar refractivity (Wildman–Crippen MR) is 89.6 cm³/mol. The first-order valence-electron chi connectivity index (χ1n) is 7.79. The molecule has 0 unspecified atom stereocenters. The molecule has 0 amide bonds. The minimum atomic E-state index is -0.697. The number of carbonyl (C=O) groups is 4. The molecule has 0 aliphatic rings. The third-order valence-corrected chi connectivity index (χ3v) is 3.12. The Morgan fingerprint density at radius 1 is 0.893 bits per heavy atom. The van der Waals surface area contributed by atoms with Crippen LogP contribution in [0.5, 0.6) is 11.5 Å². The van der Waals surface area contributed by atoms with Crippen molar-refractivity contribution in [1.82, 2.24) is 0 Å². The molecule has 0 saturated heterocycles. The molecule has 1 aromatic rings. The van der Waals surface area contributed by atoms with Gasteiger partial charge in [-0.3, -0.25) is 0 Å². The van der Waals surface area contributed by atoms with Crippen molar-refractivity contribution in [3.63, 3.8) is 0 Å². The Labute approximate surface area is 160 Å². The summed E-state index contributed by atoms with van der Waals surface area (Å²) in [7, 11) is 3.54. The van der Waals surface area contributed by atoms with Crippen LogP contribution in [-0.2, 0) is 45.0 Å². The lowest BCUT2D eigenvalue weighted by Crippen LogP contribution is -2.17. The summed E-state index contributed by atoms with van der Waals surface area (Å²) in [4.78, 5) is 54.5. The molecule has 28 heavy (non-hydrogen) atoms. The molecule has 0 saturated carbocycles. The average Bonchev–Trinajstić information content (AvgIpc) is 2.72. The second kappa shape index (κ2) is 12.3. The summed E-state index contributed by atoms with van der Waals surface area (Å²) in [6.45, 7) is -1.56. The number of ether oxygens (including phenoxy) is 5. The number of hydrogen-bond acceptors (Lipinski definition) is 11. The van der Waals surface area contributed by atoms with E-state index in [0.717, 1.165) is 0 Å². The van der Waals surface area contributed by atoms with Crippen molar-refractivity contribution in [2.24, 2.45) is 0 Å². The zero-order valence-corrected chi connectivity index (χ0v) is 15.6. The number of aldehydes is 1. The SMILES string of the molecule is COC(=O)COc1cc(C(=O)OC)cc(COOCC=O)c1OCC(=O)OC. The number of carbonyl (C=O) groups excluding carboxylic acids is 4. The highest BCUT2D eigenvalue weighted by atomic mass is 17.2. The number of rotatable bonds is 12. The predicted octanol–water partition coefficient (Wildman–Crippen LogP) is 0.224. The van der Waals surface area contributed by atoms with E-state index in [0.29, 0.717) is 6.29 Å². The first kappa shape index (κ1) is 22.9. The van der Waals surface area contributed by atoms with E-state index in [1.165, 1.54) is 33.5 Å². The third kappa shape index (κ3) is 7.21. The third-order valence-electron chi connectivity index (χ3n) is 3.12. The van der Waals surface area contributed by atoms with Crippen molar-refractivity contribution in [3.05, 3.63) is 23.3 Å². The molecule has 0 aliphatic heterocycles. The molecule has 0 fully saturated rings. The molecule has 0 atom stereocenters. The molecule has 0 radical (unpaired) electrons. The van der Waals surface area contributed by atoms with Crippen molar-refractivity contribution in [2.45, 2.75) is 6.61 Å². The Morgan fingerprint density at radius 2 is 1.54 bits per heavy atom. The average molecular weight is 400 g/mol. The van der Waals surface area contributed by atoms with E-state index in [2.05, 4.69) is 19.1 Å². The van der Waals surface area contributed by atoms with E-state index in [4.69, 9.17) is 14.4 Å². The lowest BCUT2D eigenvalue weighted by Gasteiger charge is -2.17. The van der Waals surface area contributed by atoms with E-state index in [1.807, 2.05) is 0 Å². The second-order valence-electron chi connectivity index (χ2n) is 4.90. The maximum atomic E-state index is 11.9. The molecule has 0 bridgehead atoms. The van der Waals surface area contributed by atoms with Gasteiger partial charge in [0.15, 0.2) is 24.7 Å². The Kier molecular flexibility index (Phi) is 10.0. The maximum Gasteiger partial charge on any atom is 0.343 e. The maximum absolute atomic E-state index is 11.9. The molecule has 11 heteroatoms. The summed E-state index contributed by atoms with van der Waals surface area (Å²) < 4.78 is 24.4. The summed E-state index contributed by atoms with van der Waals surface area (Å²) in [6, 6.07) is 2.62. The fourth-order valence-electron chi connectivity index (χ4n) is 1.84. The lowest BCUT2D eigenvalue weighted by molar-refractivity contribution is -0.296. The van der Waals surface area contributed by atoms with Crippen molar-refractivity contribution in [1.29, 1.82) is 0 Å². The van der Waals surface area contributed by atoms with Gasteiger partial charge in [-0.25, -0.2) is 24.2 Å². The normalized spacial score (nSPS) is 9.96. The van der Waals surface area contributed by atoms with Crippen LogP contribution in [0.25, 0.3) is 0 Å². The van der Waals surface area contributed by atoms with Crippen LogP contribution < -0.4 is 9.47 Å². The van der Waals surface area contributed by atoms with Gasteiger partial charge in [-0.05, 0) is 12.1 Å². The Balaban J connectivity index is 3.25. The molecule has 0 aliphatic carbocycles. The number of methoxy groups -OCH3 is 3. The van der Waals surface area contributed by atoms with Crippen LogP contribution >= 0.6 is 0 Å². The van der Waals surface area contributed by atoms with Gasteiger partial charge in [-0.2, -0.15) is 0 Å². The van der Waals surface area contributed by atoms with Gasteiger partial charge in [0.1, 0.15) is 19.5 Å². The Morgan fingerprint density at radius 3 is 2.11 bits per heavy atom. The molecule has 0 N–H and O–H groups in total. The molecule has 1 aromatic carbocycles. The topological polar surface area (TPSA) is 133 Å². The fraction of sp³-hybridized carbons (Fsp3) is 0.412. The van der Waals surface area contributed by atoms with Crippen LogP contribution in [-0.4, -0.2) is 65.3 Å². The van der Waals surface area contributed by atoms with Crippen LogP contribution in [0.4, 0.5) is 0 Å². The van der Waals surface area contributed by atoms with Crippen LogP contribution in [0.15, 0.2) is 12.1 Å². The second-order valence-corrected chi connectivity index (χ2v) is 4.90. The van der Waals surface area contributed by atoms with Gasteiger partial charge in [0, 0.05) is 5.56 Å². The van der Waals surface area contributed by atoms with Crippen LogP contribution in [0.2, 0.25) is 0 Å². The molecule has 154 valence electrons.